The summed E-state index contributed by atoms with van der Waals surface area (Å²) in [4.78, 5) is 0. The highest BCUT2D eigenvalue weighted by atomic mass is 35.5. The molecule has 152 valence electrons. The molecule has 0 radical (unpaired) electrons. The van der Waals surface area contributed by atoms with E-state index in [1.54, 1.807) is 0 Å². The highest BCUT2D eigenvalue weighted by molar-refractivity contribution is 7.80. The van der Waals surface area contributed by atoms with Crippen molar-refractivity contribution in [2.75, 3.05) is 10.6 Å². The first-order valence-corrected chi connectivity index (χ1v) is 10.6. The van der Waals surface area contributed by atoms with Crippen molar-refractivity contribution < 1.29 is 0 Å². The van der Waals surface area contributed by atoms with Crippen LogP contribution in [-0.4, -0.2) is 14.9 Å². The van der Waals surface area contributed by atoms with Crippen molar-refractivity contribution >= 4 is 40.3 Å². The van der Waals surface area contributed by atoms with Gasteiger partial charge in [0.2, 0.25) is 0 Å². The van der Waals surface area contributed by atoms with Crippen molar-refractivity contribution in [3.8, 4) is 0 Å². The van der Waals surface area contributed by atoms with Gasteiger partial charge in [-0.15, -0.1) is 0 Å². The second kappa shape index (κ2) is 9.42. The third kappa shape index (κ3) is 5.37. The summed E-state index contributed by atoms with van der Waals surface area (Å²) >= 11 is 11.5. The SMILES string of the molecule is CCC(C)c1ccc(NC(=S)Nc2c(C)nn(Cc3ccc(Cl)cc3)c2C)cc1. The molecule has 0 fully saturated rings. The van der Waals surface area contributed by atoms with E-state index in [2.05, 4.69) is 53.8 Å². The van der Waals surface area contributed by atoms with Crippen molar-refractivity contribution in [3.05, 3.63) is 76.1 Å². The van der Waals surface area contributed by atoms with Crippen LogP contribution in [0.1, 0.15) is 48.7 Å². The van der Waals surface area contributed by atoms with Crippen LogP contribution in [0.3, 0.4) is 0 Å². The third-order valence-corrected chi connectivity index (χ3v) is 5.67. The number of thiocarbonyl (C=S) groups is 1. The van der Waals surface area contributed by atoms with Crippen LogP contribution in [-0.2, 0) is 6.54 Å². The van der Waals surface area contributed by atoms with E-state index >= 15 is 0 Å². The molecule has 0 bridgehead atoms. The molecule has 2 aromatic carbocycles. The van der Waals surface area contributed by atoms with Crippen LogP contribution in [0.25, 0.3) is 0 Å². The van der Waals surface area contributed by atoms with E-state index in [-0.39, 0.29) is 0 Å². The van der Waals surface area contributed by atoms with Crippen LogP contribution in [0, 0.1) is 13.8 Å². The number of aromatic nitrogens is 2. The first-order chi connectivity index (χ1) is 13.9. The minimum Gasteiger partial charge on any atom is -0.332 e. The fraction of sp³-hybridized carbons (Fsp3) is 0.304. The molecule has 0 aliphatic carbocycles. The van der Waals surface area contributed by atoms with Crippen molar-refractivity contribution in [3.63, 3.8) is 0 Å². The Hall–Kier alpha value is -2.37. The third-order valence-electron chi connectivity index (χ3n) is 5.22. The van der Waals surface area contributed by atoms with Crippen molar-refractivity contribution in [1.82, 2.24) is 9.78 Å². The van der Waals surface area contributed by atoms with E-state index < -0.39 is 0 Å². The molecule has 29 heavy (non-hydrogen) atoms. The second-order valence-electron chi connectivity index (χ2n) is 7.34. The largest absolute Gasteiger partial charge is 0.332 e. The van der Waals surface area contributed by atoms with Crippen LogP contribution in [0.15, 0.2) is 48.5 Å². The van der Waals surface area contributed by atoms with Gasteiger partial charge in [-0.05, 0) is 73.8 Å². The Labute approximate surface area is 183 Å². The Balaban J connectivity index is 1.67. The summed E-state index contributed by atoms with van der Waals surface area (Å²) in [6.07, 6.45) is 1.13. The molecule has 0 aliphatic heterocycles. The molecular weight excluding hydrogens is 400 g/mol. The summed E-state index contributed by atoms with van der Waals surface area (Å²) in [5, 5.41) is 12.5. The van der Waals surface area contributed by atoms with E-state index in [0.29, 0.717) is 17.6 Å². The molecule has 0 saturated heterocycles. The van der Waals surface area contributed by atoms with Crippen molar-refractivity contribution in [1.29, 1.82) is 0 Å². The summed E-state index contributed by atoms with van der Waals surface area (Å²) in [6.45, 7) is 9.15. The smallest absolute Gasteiger partial charge is 0.175 e. The summed E-state index contributed by atoms with van der Waals surface area (Å²) < 4.78 is 1.98. The Morgan fingerprint density at radius 3 is 2.34 bits per heavy atom. The molecule has 3 aromatic rings. The highest BCUT2D eigenvalue weighted by Crippen LogP contribution is 2.23. The molecule has 0 amide bonds. The molecule has 3 rings (SSSR count). The van der Waals surface area contributed by atoms with Crippen LogP contribution in [0.5, 0.6) is 0 Å². The molecule has 1 atom stereocenters. The topological polar surface area (TPSA) is 41.9 Å². The zero-order valence-electron chi connectivity index (χ0n) is 17.3. The number of benzene rings is 2. The number of nitrogens with zero attached hydrogens (tertiary/aromatic N) is 2. The Bertz CT molecular complexity index is 977. The number of aryl methyl sites for hydroxylation is 1. The lowest BCUT2D eigenvalue weighted by molar-refractivity contribution is 0.659. The van der Waals surface area contributed by atoms with E-state index in [1.807, 2.05) is 42.8 Å². The maximum Gasteiger partial charge on any atom is 0.175 e. The lowest BCUT2D eigenvalue weighted by atomic mass is 9.99. The molecule has 6 heteroatoms. The molecule has 0 spiro atoms. The summed E-state index contributed by atoms with van der Waals surface area (Å²) in [5.74, 6) is 0.561. The van der Waals surface area contributed by atoms with Crippen LogP contribution < -0.4 is 10.6 Å². The molecule has 4 nitrogen and oxygen atoms in total. The molecule has 1 aromatic heterocycles. The van der Waals surface area contributed by atoms with Crippen LogP contribution in [0.2, 0.25) is 5.02 Å². The Morgan fingerprint density at radius 1 is 1.07 bits per heavy atom. The highest BCUT2D eigenvalue weighted by Gasteiger charge is 2.13. The van der Waals surface area contributed by atoms with Gasteiger partial charge in [0.15, 0.2) is 5.11 Å². The summed E-state index contributed by atoms with van der Waals surface area (Å²) in [5.41, 5.74) is 6.34. The van der Waals surface area contributed by atoms with Crippen LogP contribution in [0.4, 0.5) is 11.4 Å². The quantitative estimate of drug-likeness (QED) is 0.440. The van der Waals surface area contributed by atoms with Gasteiger partial charge in [-0.25, -0.2) is 0 Å². The monoisotopic (exact) mass is 426 g/mol. The number of hydrogen-bond donors (Lipinski definition) is 2. The maximum atomic E-state index is 5.98. The zero-order chi connectivity index (χ0) is 21.0. The molecule has 2 N–H and O–H groups in total. The molecule has 1 heterocycles. The zero-order valence-corrected chi connectivity index (χ0v) is 18.9. The number of anilines is 2. The Morgan fingerprint density at radius 2 is 1.72 bits per heavy atom. The van der Waals surface area contributed by atoms with Gasteiger partial charge < -0.3 is 10.6 Å². The second-order valence-corrected chi connectivity index (χ2v) is 8.19. The van der Waals surface area contributed by atoms with Gasteiger partial charge in [0.25, 0.3) is 0 Å². The molecule has 1 unspecified atom stereocenters. The van der Waals surface area contributed by atoms with Gasteiger partial charge in [0.1, 0.15) is 0 Å². The van der Waals surface area contributed by atoms with E-state index in [1.165, 1.54) is 5.56 Å². The molecular formula is C23H27ClN4S. The van der Waals surface area contributed by atoms with Crippen molar-refractivity contribution in [2.24, 2.45) is 0 Å². The van der Waals surface area contributed by atoms with Gasteiger partial charge >= 0.3 is 0 Å². The fourth-order valence-electron chi connectivity index (χ4n) is 3.20. The van der Waals surface area contributed by atoms with E-state index in [4.69, 9.17) is 23.8 Å². The Kier molecular flexibility index (Phi) is 6.93. The van der Waals surface area contributed by atoms with Gasteiger partial charge in [0, 0.05) is 10.7 Å². The first-order valence-electron chi connectivity index (χ1n) is 9.83. The number of nitrogens with one attached hydrogen (secondary N) is 2. The minimum atomic E-state index is 0.554. The average Bonchev–Trinajstić information content (AvgIpc) is 2.97. The van der Waals surface area contributed by atoms with Crippen molar-refractivity contribution in [2.45, 2.75) is 46.6 Å². The predicted molar refractivity (Wildman–Crippen MR) is 127 cm³/mol. The maximum absolute atomic E-state index is 5.98. The van der Waals surface area contributed by atoms with Crippen LogP contribution >= 0.6 is 23.8 Å². The normalized spacial score (nSPS) is 11.9. The fourth-order valence-corrected chi connectivity index (χ4v) is 3.55. The molecule has 0 aliphatic rings. The minimum absolute atomic E-state index is 0.554. The van der Waals surface area contributed by atoms with E-state index in [9.17, 15) is 0 Å². The lowest BCUT2D eigenvalue weighted by Crippen LogP contribution is -2.20. The van der Waals surface area contributed by atoms with Gasteiger partial charge in [-0.2, -0.15) is 5.10 Å². The van der Waals surface area contributed by atoms with Gasteiger partial charge in [-0.3, -0.25) is 4.68 Å². The number of rotatable bonds is 6. The number of halogens is 1. The van der Waals surface area contributed by atoms with Gasteiger partial charge in [0.05, 0.1) is 23.6 Å². The standard InChI is InChI=1S/C23H27ClN4S/c1-5-15(2)19-8-12-21(13-9-19)25-23(29)26-22-16(3)27-28(17(22)4)14-18-6-10-20(24)11-7-18/h6-13,15H,5,14H2,1-4H3,(H2,25,26,29). The summed E-state index contributed by atoms with van der Waals surface area (Å²) in [7, 11) is 0. The number of hydrogen-bond acceptors (Lipinski definition) is 2. The predicted octanol–water partition coefficient (Wildman–Crippen LogP) is 6.52. The first kappa shape index (κ1) is 21.3. The summed E-state index contributed by atoms with van der Waals surface area (Å²) in [6, 6.07) is 16.3. The molecule has 0 saturated carbocycles. The average molecular weight is 427 g/mol. The lowest BCUT2D eigenvalue weighted by Gasteiger charge is -2.13. The van der Waals surface area contributed by atoms with E-state index in [0.717, 1.165) is 39.8 Å². The van der Waals surface area contributed by atoms with Gasteiger partial charge in [-0.1, -0.05) is 49.7 Å².